The third kappa shape index (κ3) is 3.97. The Balaban J connectivity index is 1.38. The predicted molar refractivity (Wildman–Crippen MR) is 130 cm³/mol. The van der Waals surface area contributed by atoms with Gasteiger partial charge in [-0.1, -0.05) is 12.1 Å². The number of thioether (sulfide) groups is 1. The maximum atomic E-state index is 13.7. The van der Waals surface area contributed by atoms with E-state index in [9.17, 15) is 19.2 Å². The van der Waals surface area contributed by atoms with E-state index in [0.717, 1.165) is 4.90 Å². The number of rotatable bonds is 6. The van der Waals surface area contributed by atoms with Crippen LogP contribution in [0.4, 0.5) is 0 Å². The lowest BCUT2D eigenvalue weighted by atomic mass is 9.89. The highest BCUT2D eigenvalue weighted by molar-refractivity contribution is 7.98. The molecule has 1 fully saturated rings. The second-order valence-electron chi connectivity index (χ2n) is 9.08. The van der Waals surface area contributed by atoms with Crippen molar-refractivity contribution in [3.8, 4) is 11.5 Å². The maximum Gasteiger partial charge on any atom is 0.262 e. The van der Waals surface area contributed by atoms with Crippen LogP contribution in [0, 0.1) is 0 Å². The standard InChI is InChI=1S/C26H26N2O6S/c1-33-16-7-8-22-19(13-16)21(29)14-26(34-22)10-11-27(15-26)25(32)20(9-12-35-2)28-23(30)17-5-3-4-6-18(17)24(28)31/h3-8,13,20H,9-12,14-15H2,1-2H3. The zero-order valence-corrected chi connectivity index (χ0v) is 20.4. The molecule has 8 nitrogen and oxygen atoms in total. The van der Waals surface area contributed by atoms with E-state index in [4.69, 9.17) is 9.47 Å². The topological polar surface area (TPSA) is 93.2 Å². The Hall–Kier alpha value is -3.33. The van der Waals surface area contributed by atoms with E-state index < -0.39 is 23.5 Å². The summed E-state index contributed by atoms with van der Waals surface area (Å²) in [7, 11) is 1.54. The number of ketones is 1. The molecule has 182 valence electrons. The number of carbonyl (C=O) groups excluding carboxylic acids is 4. The maximum absolute atomic E-state index is 13.7. The van der Waals surface area contributed by atoms with Gasteiger partial charge in [0.05, 0.1) is 36.8 Å². The van der Waals surface area contributed by atoms with Crippen molar-refractivity contribution < 1.29 is 28.7 Å². The minimum atomic E-state index is -0.902. The van der Waals surface area contributed by atoms with Crippen molar-refractivity contribution in [2.45, 2.75) is 30.9 Å². The summed E-state index contributed by atoms with van der Waals surface area (Å²) >= 11 is 1.55. The summed E-state index contributed by atoms with van der Waals surface area (Å²) < 4.78 is 11.5. The molecular formula is C26H26N2O6S. The smallest absolute Gasteiger partial charge is 0.262 e. The van der Waals surface area contributed by atoms with Gasteiger partial charge in [0.15, 0.2) is 5.78 Å². The molecule has 0 saturated carbocycles. The Labute approximate surface area is 207 Å². The van der Waals surface area contributed by atoms with Crippen LogP contribution in [0.25, 0.3) is 0 Å². The molecule has 1 saturated heterocycles. The molecule has 2 unspecified atom stereocenters. The number of imide groups is 1. The van der Waals surface area contributed by atoms with Crippen LogP contribution in [0.2, 0.25) is 0 Å². The van der Waals surface area contributed by atoms with Gasteiger partial charge in [-0.2, -0.15) is 11.8 Å². The van der Waals surface area contributed by atoms with Crippen molar-refractivity contribution in [1.29, 1.82) is 0 Å². The molecule has 0 aromatic heterocycles. The van der Waals surface area contributed by atoms with Gasteiger partial charge >= 0.3 is 0 Å². The first-order chi connectivity index (χ1) is 16.9. The van der Waals surface area contributed by atoms with Gasteiger partial charge < -0.3 is 14.4 Å². The van der Waals surface area contributed by atoms with Crippen molar-refractivity contribution in [3.05, 3.63) is 59.2 Å². The first-order valence-electron chi connectivity index (χ1n) is 11.5. The zero-order valence-electron chi connectivity index (χ0n) is 19.6. The molecule has 9 heteroatoms. The van der Waals surface area contributed by atoms with Crippen LogP contribution < -0.4 is 9.47 Å². The number of fused-ring (bicyclic) bond motifs is 2. The van der Waals surface area contributed by atoms with Gasteiger partial charge in [0.1, 0.15) is 23.1 Å². The number of hydrogen-bond donors (Lipinski definition) is 0. The molecule has 0 N–H and O–H groups in total. The van der Waals surface area contributed by atoms with Crippen LogP contribution in [0.3, 0.4) is 0 Å². The summed E-state index contributed by atoms with van der Waals surface area (Å²) in [6.45, 7) is 0.610. The minimum absolute atomic E-state index is 0.0567. The zero-order chi connectivity index (χ0) is 24.7. The molecule has 3 aliphatic rings. The fourth-order valence-electron chi connectivity index (χ4n) is 5.15. The lowest BCUT2D eigenvalue weighted by molar-refractivity contribution is -0.135. The number of likely N-dealkylation sites (tertiary alicyclic amines) is 1. The van der Waals surface area contributed by atoms with Crippen molar-refractivity contribution in [1.82, 2.24) is 9.80 Å². The highest BCUT2D eigenvalue weighted by Gasteiger charge is 2.50. The summed E-state index contributed by atoms with van der Waals surface area (Å²) in [5, 5.41) is 0. The molecule has 0 bridgehead atoms. The molecule has 0 aliphatic carbocycles. The third-order valence-corrected chi connectivity index (χ3v) is 7.59. The van der Waals surface area contributed by atoms with Gasteiger partial charge in [-0.25, -0.2) is 0 Å². The van der Waals surface area contributed by atoms with Crippen molar-refractivity contribution in [3.63, 3.8) is 0 Å². The van der Waals surface area contributed by atoms with E-state index in [1.165, 1.54) is 0 Å². The van der Waals surface area contributed by atoms with Gasteiger partial charge in [-0.3, -0.25) is 24.1 Å². The number of amides is 3. The van der Waals surface area contributed by atoms with Crippen LogP contribution in [-0.2, 0) is 4.79 Å². The van der Waals surface area contributed by atoms with E-state index in [1.807, 2.05) is 6.26 Å². The fourth-order valence-corrected chi connectivity index (χ4v) is 5.61. The summed E-state index contributed by atoms with van der Waals surface area (Å²) in [5.41, 5.74) is 0.306. The Morgan fingerprint density at radius 1 is 1.11 bits per heavy atom. The number of benzene rings is 2. The minimum Gasteiger partial charge on any atom is -0.497 e. The molecule has 2 aromatic carbocycles. The van der Waals surface area contributed by atoms with E-state index in [-0.39, 0.29) is 24.7 Å². The lowest BCUT2D eigenvalue weighted by Gasteiger charge is -2.35. The summed E-state index contributed by atoms with van der Waals surface area (Å²) in [6, 6.07) is 10.9. The van der Waals surface area contributed by atoms with Gasteiger partial charge in [-0.05, 0) is 48.8 Å². The van der Waals surface area contributed by atoms with Gasteiger partial charge in [0, 0.05) is 13.0 Å². The Morgan fingerprint density at radius 3 is 2.49 bits per heavy atom. The average molecular weight is 495 g/mol. The molecule has 1 spiro atoms. The van der Waals surface area contributed by atoms with E-state index in [2.05, 4.69) is 0 Å². The first-order valence-corrected chi connectivity index (χ1v) is 12.9. The van der Waals surface area contributed by atoms with E-state index in [1.54, 1.807) is 66.2 Å². The molecule has 3 heterocycles. The second-order valence-corrected chi connectivity index (χ2v) is 10.1. The molecule has 3 amide bonds. The van der Waals surface area contributed by atoms with Crippen LogP contribution in [-0.4, -0.2) is 77.2 Å². The summed E-state index contributed by atoms with van der Waals surface area (Å²) in [6.07, 6.45) is 2.92. The first kappa shape index (κ1) is 23.4. The molecule has 5 rings (SSSR count). The van der Waals surface area contributed by atoms with Crippen molar-refractivity contribution >= 4 is 35.3 Å². The van der Waals surface area contributed by atoms with Gasteiger partial charge in [0.2, 0.25) is 5.91 Å². The molecule has 35 heavy (non-hydrogen) atoms. The molecule has 3 aliphatic heterocycles. The number of hydrogen-bond acceptors (Lipinski definition) is 7. The van der Waals surface area contributed by atoms with Crippen LogP contribution in [0.5, 0.6) is 11.5 Å². The number of methoxy groups -OCH3 is 1. The third-order valence-electron chi connectivity index (χ3n) is 6.94. The molecular weight excluding hydrogens is 468 g/mol. The summed E-state index contributed by atoms with van der Waals surface area (Å²) in [4.78, 5) is 55.6. The SMILES string of the molecule is COc1ccc2c(c1)C(=O)CC1(CCN(C(=O)C(CCSC)N3C(=O)c4ccccc4C3=O)C1)O2. The van der Waals surface area contributed by atoms with E-state index in [0.29, 0.717) is 53.3 Å². The van der Waals surface area contributed by atoms with Crippen LogP contribution in [0.15, 0.2) is 42.5 Å². The van der Waals surface area contributed by atoms with Crippen LogP contribution in [0.1, 0.15) is 50.3 Å². The molecule has 2 aromatic rings. The highest BCUT2D eigenvalue weighted by Crippen LogP contribution is 2.40. The van der Waals surface area contributed by atoms with Crippen LogP contribution >= 0.6 is 11.8 Å². The average Bonchev–Trinajstić information content (AvgIpc) is 3.38. The fraction of sp³-hybridized carbons (Fsp3) is 0.385. The monoisotopic (exact) mass is 494 g/mol. The van der Waals surface area contributed by atoms with Crippen molar-refractivity contribution in [2.24, 2.45) is 0 Å². The normalized spacial score (nSPS) is 21.7. The van der Waals surface area contributed by atoms with Gasteiger partial charge in [-0.15, -0.1) is 0 Å². The Kier molecular flexibility index (Phi) is 6.04. The van der Waals surface area contributed by atoms with E-state index >= 15 is 0 Å². The number of carbonyl (C=O) groups is 4. The number of Topliss-reactive ketones (excluding diaryl/α,β-unsaturated/α-hetero) is 1. The Bertz CT molecular complexity index is 1200. The lowest BCUT2D eigenvalue weighted by Crippen LogP contribution is -2.52. The predicted octanol–water partition coefficient (Wildman–Crippen LogP) is 3.05. The Morgan fingerprint density at radius 2 is 1.83 bits per heavy atom. The number of ether oxygens (including phenoxy) is 2. The summed E-state index contributed by atoms with van der Waals surface area (Å²) in [5.74, 6) is 0.457. The largest absolute Gasteiger partial charge is 0.497 e. The quantitative estimate of drug-likeness (QED) is 0.570. The number of nitrogens with zero attached hydrogens (tertiary/aromatic N) is 2. The second kappa shape index (κ2) is 9.03. The highest BCUT2D eigenvalue weighted by atomic mass is 32.2. The molecule has 2 atom stereocenters. The molecule has 0 radical (unpaired) electrons. The van der Waals surface area contributed by atoms with Crippen molar-refractivity contribution in [2.75, 3.05) is 32.2 Å². The van der Waals surface area contributed by atoms with Gasteiger partial charge in [0.25, 0.3) is 11.8 Å².